The van der Waals surface area contributed by atoms with E-state index in [1.807, 2.05) is 11.9 Å². The fourth-order valence-corrected chi connectivity index (χ4v) is 4.68. The predicted molar refractivity (Wildman–Crippen MR) is 105 cm³/mol. The van der Waals surface area contributed by atoms with Gasteiger partial charge in [0.1, 0.15) is 5.82 Å². The van der Waals surface area contributed by atoms with Crippen LogP contribution in [0.15, 0.2) is 36.7 Å². The van der Waals surface area contributed by atoms with Crippen molar-refractivity contribution in [3.05, 3.63) is 53.6 Å². The molecule has 2 aliphatic heterocycles. The highest BCUT2D eigenvalue weighted by molar-refractivity contribution is 5.95. The molecule has 7 nitrogen and oxygen atoms in total. The van der Waals surface area contributed by atoms with E-state index in [0.29, 0.717) is 30.6 Å². The summed E-state index contributed by atoms with van der Waals surface area (Å²) in [5.74, 6) is -0.529. The molecular formula is C21H26FN5O2. The van der Waals surface area contributed by atoms with Crippen LogP contribution in [0.4, 0.5) is 4.39 Å². The summed E-state index contributed by atoms with van der Waals surface area (Å²) < 4.78 is 14.0. The Morgan fingerprint density at radius 3 is 2.90 bits per heavy atom. The van der Waals surface area contributed by atoms with E-state index < -0.39 is 5.41 Å². The van der Waals surface area contributed by atoms with Crippen molar-refractivity contribution < 1.29 is 14.0 Å². The molecule has 2 aromatic rings. The molecule has 2 aliphatic rings. The molecule has 2 atom stereocenters. The summed E-state index contributed by atoms with van der Waals surface area (Å²) >= 11 is 0. The zero-order valence-electron chi connectivity index (χ0n) is 16.5. The van der Waals surface area contributed by atoms with Crippen LogP contribution >= 0.6 is 0 Å². The highest BCUT2D eigenvalue weighted by Gasteiger charge is 2.53. The Balaban J connectivity index is 1.57. The smallest absolute Gasteiger partial charge is 0.257 e. The van der Waals surface area contributed by atoms with Gasteiger partial charge in [0.15, 0.2) is 0 Å². The molecule has 1 aromatic carbocycles. The van der Waals surface area contributed by atoms with Crippen LogP contribution in [-0.2, 0) is 11.3 Å². The number of benzene rings is 1. The number of halogens is 1. The molecule has 1 aromatic heterocycles. The van der Waals surface area contributed by atoms with E-state index in [1.165, 1.54) is 12.3 Å². The molecule has 0 bridgehead atoms. The minimum Gasteiger partial charge on any atom is -0.351 e. The van der Waals surface area contributed by atoms with Gasteiger partial charge < -0.3 is 15.1 Å². The second-order valence-corrected chi connectivity index (χ2v) is 8.05. The highest BCUT2D eigenvalue weighted by atomic mass is 19.1. The summed E-state index contributed by atoms with van der Waals surface area (Å²) in [5, 5.41) is 9.52. The lowest BCUT2D eigenvalue weighted by molar-refractivity contribution is -0.142. The lowest BCUT2D eigenvalue weighted by Gasteiger charge is -2.53. The molecule has 0 saturated carbocycles. The van der Waals surface area contributed by atoms with Gasteiger partial charge in [-0.25, -0.2) is 4.39 Å². The molecule has 0 radical (unpaired) electrons. The van der Waals surface area contributed by atoms with Gasteiger partial charge in [-0.3, -0.25) is 14.7 Å². The fraction of sp³-hybridized carbons (Fsp3) is 0.476. The van der Waals surface area contributed by atoms with Gasteiger partial charge in [-0.05, 0) is 38.9 Å². The van der Waals surface area contributed by atoms with Crippen molar-refractivity contribution in [1.29, 1.82) is 0 Å². The highest BCUT2D eigenvalue weighted by Crippen LogP contribution is 2.43. The first kappa shape index (κ1) is 19.6. The largest absolute Gasteiger partial charge is 0.351 e. The second kappa shape index (κ2) is 7.94. The minimum absolute atomic E-state index is 0.0939. The Hall–Kier alpha value is -2.74. The van der Waals surface area contributed by atoms with E-state index in [0.717, 1.165) is 19.4 Å². The van der Waals surface area contributed by atoms with Crippen LogP contribution < -0.4 is 5.32 Å². The van der Waals surface area contributed by atoms with E-state index in [9.17, 15) is 14.0 Å². The number of hydrogen-bond donors (Lipinski definition) is 2. The van der Waals surface area contributed by atoms with Crippen molar-refractivity contribution in [3.63, 3.8) is 0 Å². The van der Waals surface area contributed by atoms with Crippen LogP contribution in [0.2, 0.25) is 0 Å². The first-order valence-electron chi connectivity index (χ1n) is 10.0. The zero-order chi connectivity index (χ0) is 20.4. The van der Waals surface area contributed by atoms with Crippen molar-refractivity contribution >= 4 is 11.8 Å². The SMILES string of the molecule is CN1CC[C@]2(C(=O)NCc3ccccc3F)CCCN(C(=O)c3cn[nH]c3)[C@H]2C1. The van der Waals surface area contributed by atoms with Gasteiger partial charge in [-0.1, -0.05) is 18.2 Å². The summed E-state index contributed by atoms with van der Waals surface area (Å²) in [6.07, 6.45) is 5.26. The van der Waals surface area contributed by atoms with Gasteiger partial charge in [0.25, 0.3) is 5.91 Å². The van der Waals surface area contributed by atoms with Crippen molar-refractivity contribution in [2.24, 2.45) is 5.41 Å². The van der Waals surface area contributed by atoms with Crippen LogP contribution in [0.25, 0.3) is 0 Å². The topological polar surface area (TPSA) is 81.3 Å². The van der Waals surface area contributed by atoms with Crippen LogP contribution in [0.1, 0.15) is 35.2 Å². The number of carbonyl (C=O) groups is 2. The average Bonchev–Trinajstić information content (AvgIpc) is 3.27. The molecule has 3 heterocycles. The number of nitrogens with one attached hydrogen (secondary N) is 2. The Morgan fingerprint density at radius 2 is 2.14 bits per heavy atom. The third-order valence-electron chi connectivity index (χ3n) is 6.32. The van der Waals surface area contributed by atoms with E-state index in [-0.39, 0.29) is 30.2 Å². The van der Waals surface area contributed by atoms with Crippen molar-refractivity contribution in [2.75, 3.05) is 26.7 Å². The molecule has 2 saturated heterocycles. The Labute approximate surface area is 169 Å². The lowest BCUT2D eigenvalue weighted by atomic mass is 9.67. The molecule has 8 heteroatoms. The van der Waals surface area contributed by atoms with E-state index in [1.54, 1.807) is 24.4 Å². The summed E-state index contributed by atoms with van der Waals surface area (Å²) in [7, 11) is 2.01. The van der Waals surface area contributed by atoms with Gasteiger partial charge >= 0.3 is 0 Å². The van der Waals surface area contributed by atoms with Crippen molar-refractivity contribution in [2.45, 2.75) is 31.8 Å². The van der Waals surface area contributed by atoms with Crippen LogP contribution in [0.3, 0.4) is 0 Å². The first-order chi connectivity index (χ1) is 14.0. The Bertz CT molecular complexity index is 887. The number of hydrogen-bond acceptors (Lipinski definition) is 4. The van der Waals surface area contributed by atoms with E-state index in [4.69, 9.17) is 0 Å². The quantitative estimate of drug-likeness (QED) is 0.821. The maximum Gasteiger partial charge on any atom is 0.257 e. The molecule has 0 spiro atoms. The third-order valence-corrected chi connectivity index (χ3v) is 6.32. The predicted octanol–water partition coefficient (Wildman–Crippen LogP) is 1.79. The first-order valence-corrected chi connectivity index (χ1v) is 10.0. The zero-order valence-corrected chi connectivity index (χ0v) is 16.5. The summed E-state index contributed by atoms with van der Waals surface area (Å²) in [4.78, 5) is 30.5. The van der Waals surface area contributed by atoms with Crippen molar-refractivity contribution in [1.82, 2.24) is 25.3 Å². The number of fused-ring (bicyclic) bond motifs is 1. The number of nitrogens with zero attached hydrogens (tertiary/aromatic N) is 3. The monoisotopic (exact) mass is 399 g/mol. The van der Waals surface area contributed by atoms with Crippen LogP contribution in [0.5, 0.6) is 0 Å². The molecule has 154 valence electrons. The van der Waals surface area contributed by atoms with Gasteiger partial charge in [0, 0.05) is 31.4 Å². The molecule has 2 N–H and O–H groups in total. The number of piperidine rings is 2. The molecular weight excluding hydrogens is 373 g/mol. The summed E-state index contributed by atoms with van der Waals surface area (Å²) in [5.41, 5.74) is 0.305. The van der Waals surface area contributed by atoms with Gasteiger partial charge in [0.2, 0.25) is 5.91 Å². The maximum absolute atomic E-state index is 14.0. The maximum atomic E-state index is 14.0. The van der Waals surface area contributed by atoms with Crippen LogP contribution in [-0.4, -0.2) is 64.5 Å². The lowest BCUT2D eigenvalue weighted by Crippen LogP contribution is -2.66. The number of amides is 2. The summed E-state index contributed by atoms with van der Waals surface area (Å²) in [6, 6.07) is 6.23. The molecule has 29 heavy (non-hydrogen) atoms. The van der Waals surface area contributed by atoms with Gasteiger partial charge in [-0.15, -0.1) is 0 Å². The van der Waals surface area contributed by atoms with E-state index in [2.05, 4.69) is 20.4 Å². The third kappa shape index (κ3) is 3.64. The normalized spacial score (nSPS) is 24.8. The number of aromatic nitrogens is 2. The number of likely N-dealkylation sites (N-methyl/N-ethyl adjacent to an activating group) is 1. The fourth-order valence-electron chi connectivity index (χ4n) is 4.68. The molecule has 2 fully saturated rings. The molecule has 2 amide bonds. The second-order valence-electron chi connectivity index (χ2n) is 8.05. The average molecular weight is 399 g/mol. The molecule has 0 unspecified atom stereocenters. The van der Waals surface area contributed by atoms with Gasteiger partial charge in [-0.2, -0.15) is 5.10 Å². The van der Waals surface area contributed by atoms with E-state index >= 15 is 0 Å². The number of H-pyrrole nitrogens is 1. The number of carbonyl (C=O) groups excluding carboxylic acids is 2. The molecule has 0 aliphatic carbocycles. The minimum atomic E-state index is -0.657. The van der Waals surface area contributed by atoms with Gasteiger partial charge in [0.05, 0.1) is 23.2 Å². The van der Waals surface area contributed by atoms with Crippen LogP contribution in [0, 0.1) is 11.2 Å². The Morgan fingerprint density at radius 1 is 1.31 bits per heavy atom. The number of rotatable bonds is 4. The number of likely N-dealkylation sites (tertiary alicyclic amines) is 2. The Kier molecular flexibility index (Phi) is 5.36. The number of aromatic amines is 1. The van der Waals surface area contributed by atoms with Crippen molar-refractivity contribution in [3.8, 4) is 0 Å². The molecule has 4 rings (SSSR count). The summed E-state index contributed by atoms with van der Waals surface area (Å²) in [6.45, 7) is 2.18. The standard InChI is InChI=1S/C21H26FN5O2/c1-26-10-8-21(20(29)23-11-15-5-2-3-6-17(15)22)7-4-9-27(18(21)14-26)19(28)16-12-24-25-13-16/h2-3,5-6,12-13,18H,4,7-11,14H2,1H3,(H,23,29)(H,24,25)/t18-,21+/m0/s1.